The Morgan fingerprint density at radius 1 is 1.38 bits per heavy atom. The van der Waals surface area contributed by atoms with E-state index in [1.54, 1.807) is 6.07 Å². The number of amides is 1. The molecule has 0 spiro atoms. The summed E-state index contributed by atoms with van der Waals surface area (Å²) in [6, 6.07) is 6.84. The molecular formula is C13H10Cl2N4OS. The van der Waals surface area contributed by atoms with E-state index in [-0.39, 0.29) is 11.9 Å². The van der Waals surface area contributed by atoms with Gasteiger partial charge >= 0.3 is 0 Å². The lowest BCUT2D eigenvalue weighted by molar-refractivity contribution is 0.0938. The number of pyridine rings is 1. The molecule has 0 unspecified atom stereocenters. The predicted molar refractivity (Wildman–Crippen MR) is 83.2 cm³/mol. The third kappa shape index (κ3) is 2.74. The molecule has 3 aromatic heterocycles. The quantitative estimate of drug-likeness (QED) is 0.792. The summed E-state index contributed by atoms with van der Waals surface area (Å²) >= 11 is 13.0. The SMILES string of the molecule is C[C@H](NC(=O)c1cc(Cl)sc1Cl)c1nnc2ccccn12. The van der Waals surface area contributed by atoms with Crippen molar-refractivity contribution in [2.45, 2.75) is 13.0 Å². The zero-order chi connectivity index (χ0) is 15.0. The van der Waals surface area contributed by atoms with Gasteiger partial charge in [0, 0.05) is 6.20 Å². The number of carbonyl (C=O) groups excluding carboxylic acids is 1. The maximum absolute atomic E-state index is 12.2. The normalized spacial score (nSPS) is 12.5. The van der Waals surface area contributed by atoms with E-state index in [0.29, 0.717) is 20.1 Å². The summed E-state index contributed by atoms with van der Waals surface area (Å²) in [7, 11) is 0. The molecule has 0 fully saturated rings. The number of aromatic nitrogens is 3. The molecule has 1 atom stereocenters. The van der Waals surface area contributed by atoms with Crippen LogP contribution in [0.15, 0.2) is 30.5 Å². The molecule has 3 rings (SSSR count). The number of thiophene rings is 1. The van der Waals surface area contributed by atoms with Gasteiger partial charge in [0.15, 0.2) is 11.5 Å². The van der Waals surface area contributed by atoms with Gasteiger partial charge in [0.2, 0.25) is 0 Å². The summed E-state index contributed by atoms with van der Waals surface area (Å²) in [5.74, 6) is 0.361. The van der Waals surface area contributed by atoms with Crippen LogP contribution in [0.4, 0.5) is 0 Å². The van der Waals surface area contributed by atoms with Gasteiger partial charge in [0.1, 0.15) is 4.34 Å². The molecule has 5 nitrogen and oxygen atoms in total. The second-order valence-electron chi connectivity index (χ2n) is 4.42. The smallest absolute Gasteiger partial charge is 0.254 e. The number of carbonyl (C=O) groups is 1. The highest BCUT2D eigenvalue weighted by Crippen LogP contribution is 2.31. The fourth-order valence-electron chi connectivity index (χ4n) is 1.99. The summed E-state index contributed by atoms with van der Waals surface area (Å²) in [5, 5.41) is 11.0. The third-order valence-electron chi connectivity index (χ3n) is 2.98. The van der Waals surface area contributed by atoms with Crippen molar-refractivity contribution in [3.8, 4) is 0 Å². The van der Waals surface area contributed by atoms with Crippen molar-refractivity contribution in [2.75, 3.05) is 0 Å². The van der Waals surface area contributed by atoms with Gasteiger partial charge < -0.3 is 5.32 Å². The number of nitrogens with zero attached hydrogens (tertiary/aromatic N) is 3. The molecule has 0 aliphatic carbocycles. The Bertz CT molecular complexity index is 813. The average Bonchev–Trinajstić information content (AvgIpc) is 3.01. The molecule has 3 aromatic rings. The molecule has 1 amide bonds. The number of rotatable bonds is 3. The van der Waals surface area contributed by atoms with Gasteiger partial charge in [-0.15, -0.1) is 21.5 Å². The summed E-state index contributed by atoms with van der Waals surface area (Å²) in [5.41, 5.74) is 1.09. The zero-order valence-electron chi connectivity index (χ0n) is 10.9. The van der Waals surface area contributed by atoms with E-state index in [2.05, 4.69) is 15.5 Å². The Balaban J connectivity index is 1.84. The monoisotopic (exact) mass is 340 g/mol. The minimum Gasteiger partial charge on any atom is -0.342 e. The van der Waals surface area contributed by atoms with Crippen LogP contribution in [0.3, 0.4) is 0 Å². The number of halogens is 2. The topological polar surface area (TPSA) is 59.3 Å². The van der Waals surface area contributed by atoms with Crippen LogP contribution in [-0.4, -0.2) is 20.5 Å². The van der Waals surface area contributed by atoms with Crippen LogP contribution in [0.2, 0.25) is 8.67 Å². The van der Waals surface area contributed by atoms with Gasteiger partial charge in [-0.2, -0.15) is 0 Å². The van der Waals surface area contributed by atoms with Crippen LogP contribution in [0.1, 0.15) is 29.1 Å². The zero-order valence-corrected chi connectivity index (χ0v) is 13.2. The first kappa shape index (κ1) is 14.3. The Morgan fingerprint density at radius 2 is 2.19 bits per heavy atom. The Morgan fingerprint density at radius 3 is 2.90 bits per heavy atom. The second-order valence-corrected chi connectivity index (χ2v) is 6.71. The first-order chi connectivity index (χ1) is 10.1. The van der Waals surface area contributed by atoms with E-state index < -0.39 is 0 Å². The van der Waals surface area contributed by atoms with Gasteiger partial charge in [-0.25, -0.2) is 0 Å². The van der Waals surface area contributed by atoms with Crippen LogP contribution in [0.25, 0.3) is 5.65 Å². The van der Waals surface area contributed by atoms with E-state index in [0.717, 1.165) is 17.0 Å². The van der Waals surface area contributed by atoms with Crippen molar-refractivity contribution in [1.29, 1.82) is 0 Å². The first-order valence-electron chi connectivity index (χ1n) is 6.11. The number of nitrogens with one attached hydrogen (secondary N) is 1. The number of hydrogen-bond acceptors (Lipinski definition) is 4. The summed E-state index contributed by atoms with van der Waals surface area (Å²) in [6.45, 7) is 1.84. The van der Waals surface area contributed by atoms with Crippen molar-refractivity contribution in [3.63, 3.8) is 0 Å². The lowest BCUT2D eigenvalue weighted by Crippen LogP contribution is -2.27. The molecule has 0 aliphatic heterocycles. The fourth-order valence-corrected chi connectivity index (χ4v) is 3.45. The maximum Gasteiger partial charge on any atom is 0.254 e. The Kier molecular flexibility index (Phi) is 3.84. The van der Waals surface area contributed by atoms with Crippen LogP contribution in [-0.2, 0) is 0 Å². The van der Waals surface area contributed by atoms with Crippen LogP contribution in [0, 0.1) is 0 Å². The molecule has 0 radical (unpaired) electrons. The van der Waals surface area contributed by atoms with Crippen molar-refractivity contribution >= 4 is 46.1 Å². The van der Waals surface area contributed by atoms with Gasteiger partial charge in [-0.05, 0) is 25.1 Å². The minimum absolute atomic E-state index is 0.289. The van der Waals surface area contributed by atoms with Gasteiger partial charge in [-0.3, -0.25) is 9.20 Å². The Labute approximate surface area is 134 Å². The Hall–Kier alpha value is -1.63. The fraction of sp³-hybridized carbons (Fsp3) is 0.154. The molecular weight excluding hydrogens is 331 g/mol. The molecule has 0 saturated heterocycles. The first-order valence-corrected chi connectivity index (χ1v) is 7.69. The van der Waals surface area contributed by atoms with Crippen LogP contribution < -0.4 is 5.32 Å². The molecule has 0 aliphatic rings. The summed E-state index contributed by atoms with van der Waals surface area (Å²) < 4.78 is 2.68. The molecule has 0 aromatic carbocycles. The van der Waals surface area contributed by atoms with Crippen molar-refractivity contribution in [2.24, 2.45) is 0 Å². The van der Waals surface area contributed by atoms with Crippen LogP contribution >= 0.6 is 34.5 Å². The summed E-state index contributed by atoms with van der Waals surface area (Å²) in [4.78, 5) is 12.2. The molecule has 108 valence electrons. The van der Waals surface area contributed by atoms with Crippen molar-refractivity contribution < 1.29 is 4.79 Å². The highest BCUT2D eigenvalue weighted by Gasteiger charge is 2.19. The minimum atomic E-state index is -0.315. The second kappa shape index (κ2) is 5.63. The standard InChI is InChI=1S/C13H10Cl2N4OS/c1-7(12-18-17-10-4-2-3-5-19(10)12)16-13(20)8-6-9(14)21-11(8)15/h2-7H,1H3,(H,16,20)/t7-/m0/s1. The van der Waals surface area contributed by atoms with Gasteiger partial charge in [-0.1, -0.05) is 29.3 Å². The molecule has 0 bridgehead atoms. The third-order valence-corrected chi connectivity index (χ3v) is 4.46. The highest BCUT2D eigenvalue weighted by molar-refractivity contribution is 7.20. The highest BCUT2D eigenvalue weighted by atomic mass is 35.5. The molecule has 1 N–H and O–H groups in total. The van der Waals surface area contributed by atoms with Crippen molar-refractivity contribution in [3.05, 3.63) is 50.5 Å². The maximum atomic E-state index is 12.2. The average molecular weight is 341 g/mol. The summed E-state index contributed by atoms with van der Waals surface area (Å²) in [6.07, 6.45) is 1.85. The van der Waals surface area contributed by atoms with Crippen molar-refractivity contribution in [1.82, 2.24) is 19.9 Å². The van der Waals surface area contributed by atoms with E-state index in [1.165, 1.54) is 0 Å². The lowest BCUT2D eigenvalue weighted by atomic mass is 10.2. The molecule has 21 heavy (non-hydrogen) atoms. The van der Waals surface area contributed by atoms with E-state index in [4.69, 9.17) is 23.2 Å². The molecule has 8 heteroatoms. The molecule has 0 saturated carbocycles. The molecule has 3 heterocycles. The predicted octanol–water partition coefficient (Wildman–Crippen LogP) is 3.59. The van der Waals surface area contributed by atoms with E-state index in [1.807, 2.05) is 35.7 Å². The van der Waals surface area contributed by atoms with E-state index in [9.17, 15) is 4.79 Å². The lowest BCUT2D eigenvalue weighted by Gasteiger charge is -2.11. The largest absolute Gasteiger partial charge is 0.342 e. The van der Waals surface area contributed by atoms with Gasteiger partial charge in [0.05, 0.1) is 15.9 Å². The van der Waals surface area contributed by atoms with Gasteiger partial charge in [0.25, 0.3) is 5.91 Å². The number of hydrogen-bond donors (Lipinski definition) is 1. The van der Waals surface area contributed by atoms with Crippen LogP contribution in [0.5, 0.6) is 0 Å². The van der Waals surface area contributed by atoms with E-state index >= 15 is 0 Å². The number of fused-ring (bicyclic) bond motifs is 1.